The third-order valence-electron chi connectivity index (χ3n) is 4.00. The maximum Gasteiger partial charge on any atom is 0.291 e. The van der Waals surface area contributed by atoms with E-state index in [2.05, 4.69) is 0 Å². The third-order valence-corrected chi connectivity index (χ3v) is 5.13. The van der Waals surface area contributed by atoms with Gasteiger partial charge in [-0.2, -0.15) is 0 Å². The smallest absolute Gasteiger partial charge is 0.258 e. The lowest BCUT2D eigenvalue weighted by Crippen LogP contribution is -1.94. The second-order valence-corrected chi connectivity index (χ2v) is 6.52. The van der Waals surface area contributed by atoms with E-state index in [4.69, 9.17) is 0 Å². The third kappa shape index (κ3) is 2.41. The van der Waals surface area contributed by atoms with E-state index < -0.39 is 0 Å². The van der Waals surface area contributed by atoms with Gasteiger partial charge in [-0.3, -0.25) is 10.1 Å². The summed E-state index contributed by atoms with van der Waals surface area (Å²) in [5.41, 5.74) is 0.179. The topological polar surface area (TPSA) is 43.1 Å². The summed E-state index contributed by atoms with van der Waals surface area (Å²) in [6.45, 7) is 0. The normalized spacial score (nSPS) is 11.0. The van der Waals surface area contributed by atoms with Crippen molar-refractivity contribution in [2.24, 2.45) is 0 Å². The van der Waals surface area contributed by atoms with E-state index in [9.17, 15) is 10.1 Å². The number of hydrogen-bond donors (Lipinski definition) is 0. The Hall–Kier alpha value is -2.85. The Bertz CT molecular complexity index is 1060. The molecule has 0 heterocycles. The lowest BCUT2D eigenvalue weighted by Gasteiger charge is -2.11. The van der Waals surface area contributed by atoms with Gasteiger partial charge in [-0.15, -0.1) is 0 Å². The van der Waals surface area contributed by atoms with Crippen molar-refractivity contribution in [2.75, 3.05) is 0 Å². The first-order valence-corrected chi connectivity index (χ1v) is 8.38. The van der Waals surface area contributed by atoms with E-state index >= 15 is 0 Å². The SMILES string of the molecule is O=[N+]([O-])c1c(Sc2ccccc2)c2ccccc2c2ccccc12. The molecular formula is C20H13NO2S. The van der Waals surface area contributed by atoms with Gasteiger partial charge < -0.3 is 0 Å². The summed E-state index contributed by atoms with van der Waals surface area (Å²) >= 11 is 1.45. The van der Waals surface area contributed by atoms with E-state index in [1.807, 2.05) is 78.9 Å². The van der Waals surface area contributed by atoms with Gasteiger partial charge in [-0.1, -0.05) is 72.4 Å². The van der Waals surface area contributed by atoms with Crippen LogP contribution in [0.4, 0.5) is 5.69 Å². The van der Waals surface area contributed by atoms with Crippen molar-refractivity contribution < 1.29 is 4.92 Å². The zero-order valence-electron chi connectivity index (χ0n) is 12.7. The van der Waals surface area contributed by atoms with Crippen LogP contribution >= 0.6 is 11.8 Å². The molecule has 4 aromatic carbocycles. The molecule has 0 spiro atoms. The number of fused-ring (bicyclic) bond motifs is 3. The van der Waals surface area contributed by atoms with Crippen LogP contribution < -0.4 is 0 Å². The molecule has 0 saturated carbocycles. The molecule has 116 valence electrons. The summed E-state index contributed by atoms with van der Waals surface area (Å²) in [6.07, 6.45) is 0. The van der Waals surface area contributed by atoms with Crippen molar-refractivity contribution in [3.63, 3.8) is 0 Å². The number of nitro groups is 1. The Balaban J connectivity index is 2.12. The first-order valence-electron chi connectivity index (χ1n) is 7.56. The van der Waals surface area contributed by atoms with Crippen LogP contribution in [0.1, 0.15) is 0 Å². The molecule has 0 fully saturated rings. The number of hydrogen-bond acceptors (Lipinski definition) is 3. The molecule has 4 rings (SSSR count). The molecule has 0 N–H and O–H groups in total. The van der Waals surface area contributed by atoms with Crippen molar-refractivity contribution in [3.05, 3.63) is 89.0 Å². The fourth-order valence-electron chi connectivity index (χ4n) is 2.98. The fourth-order valence-corrected chi connectivity index (χ4v) is 4.08. The molecule has 0 aliphatic heterocycles. The van der Waals surface area contributed by atoms with Crippen LogP contribution in [0.2, 0.25) is 0 Å². The van der Waals surface area contributed by atoms with Crippen molar-refractivity contribution in [2.45, 2.75) is 9.79 Å². The lowest BCUT2D eigenvalue weighted by molar-refractivity contribution is -0.385. The minimum absolute atomic E-state index is 0.179. The van der Waals surface area contributed by atoms with Crippen LogP contribution in [-0.2, 0) is 0 Å². The molecule has 0 atom stereocenters. The highest BCUT2D eigenvalue weighted by Crippen LogP contribution is 2.45. The van der Waals surface area contributed by atoms with E-state index in [0.29, 0.717) is 10.3 Å². The molecule has 0 bridgehead atoms. The van der Waals surface area contributed by atoms with Gasteiger partial charge in [0.15, 0.2) is 0 Å². The molecule has 24 heavy (non-hydrogen) atoms. The Morgan fingerprint density at radius 3 is 1.79 bits per heavy atom. The number of nitro benzene ring substituents is 1. The Labute approximate surface area is 143 Å². The Morgan fingerprint density at radius 2 is 1.17 bits per heavy atom. The highest BCUT2D eigenvalue weighted by Gasteiger charge is 2.23. The molecule has 3 nitrogen and oxygen atoms in total. The van der Waals surface area contributed by atoms with E-state index in [1.165, 1.54) is 11.8 Å². The minimum atomic E-state index is -0.264. The first-order chi connectivity index (χ1) is 11.8. The van der Waals surface area contributed by atoms with Crippen molar-refractivity contribution in [3.8, 4) is 0 Å². The van der Waals surface area contributed by atoms with Gasteiger partial charge in [0.1, 0.15) is 0 Å². The molecule has 0 aromatic heterocycles. The second kappa shape index (κ2) is 5.98. The molecule has 0 radical (unpaired) electrons. The molecule has 4 aromatic rings. The maximum atomic E-state index is 11.9. The van der Waals surface area contributed by atoms with Gasteiger partial charge in [-0.05, 0) is 29.0 Å². The molecule has 0 amide bonds. The standard InChI is InChI=1S/C20H13NO2S/c22-21(23)19-17-12-6-4-10-15(17)16-11-5-7-13-18(16)20(19)24-14-8-2-1-3-9-14/h1-13H. The first kappa shape index (κ1) is 14.7. The average Bonchev–Trinajstić information content (AvgIpc) is 2.62. The van der Waals surface area contributed by atoms with Gasteiger partial charge in [0, 0.05) is 10.3 Å². The number of benzene rings is 4. The van der Waals surface area contributed by atoms with E-state index in [-0.39, 0.29) is 10.6 Å². The van der Waals surface area contributed by atoms with Gasteiger partial charge in [0.25, 0.3) is 5.69 Å². The molecule has 0 unspecified atom stereocenters. The van der Waals surface area contributed by atoms with Gasteiger partial charge in [0.2, 0.25) is 0 Å². The minimum Gasteiger partial charge on any atom is -0.258 e. The molecular weight excluding hydrogens is 318 g/mol. The highest BCUT2D eigenvalue weighted by atomic mass is 32.2. The van der Waals surface area contributed by atoms with Crippen molar-refractivity contribution >= 4 is 39.0 Å². The predicted molar refractivity (Wildman–Crippen MR) is 98.7 cm³/mol. The van der Waals surface area contributed by atoms with Crippen LogP contribution in [0.15, 0.2) is 88.7 Å². The quantitative estimate of drug-likeness (QED) is 0.261. The zero-order valence-corrected chi connectivity index (χ0v) is 13.5. The van der Waals surface area contributed by atoms with Crippen molar-refractivity contribution in [1.82, 2.24) is 0 Å². The van der Waals surface area contributed by atoms with E-state index in [0.717, 1.165) is 21.1 Å². The van der Waals surface area contributed by atoms with Gasteiger partial charge in [-0.25, -0.2) is 0 Å². The summed E-state index contributed by atoms with van der Waals surface area (Å²) in [5.74, 6) is 0. The zero-order chi connectivity index (χ0) is 16.5. The van der Waals surface area contributed by atoms with E-state index in [1.54, 1.807) is 0 Å². The molecule has 0 aliphatic rings. The summed E-state index contributed by atoms with van der Waals surface area (Å²) in [6, 6.07) is 25.2. The van der Waals surface area contributed by atoms with Crippen LogP contribution in [-0.4, -0.2) is 4.92 Å². The summed E-state index contributed by atoms with van der Waals surface area (Å²) in [7, 11) is 0. The predicted octanol–water partition coefficient (Wildman–Crippen LogP) is 6.05. The Morgan fingerprint density at radius 1 is 0.667 bits per heavy atom. The monoisotopic (exact) mass is 331 g/mol. The summed E-state index contributed by atoms with van der Waals surface area (Å²) in [4.78, 5) is 13.3. The molecule has 0 aliphatic carbocycles. The average molecular weight is 331 g/mol. The molecule has 0 saturated heterocycles. The van der Waals surface area contributed by atoms with Gasteiger partial charge >= 0.3 is 0 Å². The largest absolute Gasteiger partial charge is 0.291 e. The van der Waals surface area contributed by atoms with Crippen LogP contribution in [0, 0.1) is 10.1 Å². The summed E-state index contributed by atoms with van der Waals surface area (Å²) < 4.78 is 0. The maximum absolute atomic E-state index is 11.9. The Kier molecular flexibility index (Phi) is 3.67. The number of rotatable bonds is 3. The second-order valence-electron chi connectivity index (χ2n) is 5.44. The van der Waals surface area contributed by atoms with Crippen LogP contribution in [0.3, 0.4) is 0 Å². The van der Waals surface area contributed by atoms with Crippen molar-refractivity contribution in [1.29, 1.82) is 0 Å². The highest BCUT2D eigenvalue weighted by molar-refractivity contribution is 7.99. The van der Waals surface area contributed by atoms with Gasteiger partial charge in [0.05, 0.1) is 15.2 Å². The molecule has 4 heteroatoms. The summed E-state index contributed by atoms with van der Waals surface area (Å²) in [5, 5.41) is 15.4. The lowest BCUT2D eigenvalue weighted by atomic mass is 10.0. The number of nitrogens with zero attached hydrogens (tertiary/aromatic N) is 1. The van der Waals surface area contributed by atoms with Crippen LogP contribution in [0.5, 0.6) is 0 Å². The van der Waals surface area contributed by atoms with Crippen LogP contribution in [0.25, 0.3) is 21.5 Å². The fraction of sp³-hybridized carbons (Fsp3) is 0.